The summed E-state index contributed by atoms with van der Waals surface area (Å²) in [7, 11) is -5.21. The first-order valence-corrected chi connectivity index (χ1v) is 21.0. The second-order valence-corrected chi connectivity index (χ2v) is 15.7. The lowest BCUT2D eigenvalue weighted by molar-refractivity contribution is -0.295. The van der Waals surface area contributed by atoms with Crippen LogP contribution in [0.4, 0.5) is 13.2 Å². The highest BCUT2D eigenvalue weighted by molar-refractivity contribution is 7.48. The smallest absolute Gasteiger partial charge is 0.462 e. The van der Waals surface area contributed by atoms with E-state index in [9.17, 15) is 46.7 Å². The lowest BCUT2D eigenvalue weighted by Gasteiger charge is -2.48. The standard InChI is InChI=1S/C42H46F3N2O17P/c1-26(48)56-25-34(61-28(3)50)37(62-29(4)51)38-36(47-35(52)21-46-39(53)42(43,44)45)33(60-27(2)49)20-41(63-38,40(54)57-22-30-14-8-5-9-15-30)64-65(55,58-23-31-16-10-6-11-17-31)59-24-32-18-12-7-13-19-32/h5-19,33-34,36-38H,20-25H2,1-4H3,(H,46,53)(H,47,52)/t33-,34+,36+,37+,38?,41+/m0/s1. The zero-order valence-electron chi connectivity index (χ0n) is 35.3. The molecular weight excluding hydrogens is 892 g/mol. The number of esters is 5. The van der Waals surface area contributed by atoms with Crippen molar-refractivity contribution in [3.05, 3.63) is 108 Å². The number of amides is 2. The highest BCUT2D eigenvalue weighted by atomic mass is 31.2. The molecule has 19 nitrogen and oxygen atoms in total. The summed E-state index contributed by atoms with van der Waals surface area (Å²) in [4.78, 5) is 90.0. The van der Waals surface area contributed by atoms with Crippen molar-refractivity contribution in [1.82, 2.24) is 10.6 Å². The Hall–Kier alpha value is -6.19. The van der Waals surface area contributed by atoms with Crippen molar-refractivity contribution in [3.8, 4) is 0 Å². The lowest BCUT2D eigenvalue weighted by Crippen LogP contribution is -2.69. The molecular formula is C42H46F3N2O17P. The Morgan fingerprint density at radius 1 is 0.723 bits per heavy atom. The fraction of sp³-hybridized carbons (Fsp3) is 0.405. The van der Waals surface area contributed by atoms with E-state index in [0.717, 1.165) is 27.7 Å². The van der Waals surface area contributed by atoms with Crippen molar-refractivity contribution in [1.29, 1.82) is 0 Å². The quantitative estimate of drug-likeness (QED) is 0.0859. The van der Waals surface area contributed by atoms with Crippen LogP contribution in [0.5, 0.6) is 0 Å². The van der Waals surface area contributed by atoms with Gasteiger partial charge in [-0.25, -0.2) is 13.9 Å². The highest BCUT2D eigenvalue weighted by Crippen LogP contribution is 2.57. The molecule has 2 amide bonds. The molecule has 3 aromatic rings. The Kier molecular flexibility index (Phi) is 18.7. The Labute approximate surface area is 370 Å². The van der Waals surface area contributed by atoms with Gasteiger partial charge in [-0.1, -0.05) is 91.0 Å². The molecule has 6 atom stereocenters. The number of alkyl halides is 3. The lowest BCUT2D eigenvalue weighted by atomic mass is 9.88. The van der Waals surface area contributed by atoms with Gasteiger partial charge in [-0.3, -0.25) is 37.8 Å². The molecule has 4 rings (SSSR count). The summed E-state index contributed by atoms with van der Waals surface area (Å²) in [5.74, 6) is -12.9. The number of nitrogens with one attached hydrogen (secondary N) is 2. The minimum absolute atomic E-state index is 0.406. The summed E-state index contributed by atoms with van der Waals surface area (Å²) in [5, 5.41) is 3.62. The zero-order chi connectivity index (χ0) is 47.8. The van der Waals surface area contributed by atoms with Gasteiger partial charge in [0, 0.05) is 27.7 Å². The summed E-state index contributed by atoms with van der Waals surface area (Å²) in [6.07, 6.45) is -14.7. The van der Waals surface area contributed by atoms with E-state index >= 15 is 4.57 Å². The molecule has 1 unspecified atom stereocenters. The van der Waals surface area contributed by atoms with Gasteiger partial charge < -0.3 is 39.1 Å². The second kappa shape index (κ2) is 23.7. The predicted molar refractivity (Wildman–Crippen MR) is 214 cm³/mol. The first kappa shape index (κ1) is 51.4. The SMILES string of the molecule is CC(=O)OC[C@@H](OC(C)=O)[C@@H](OC(C)=O)C1O[C@](OP(=O)(OCc2ccccc2)OCc2ccccc2)(C(=O)OCc2ccccc2)C[C@H](OC(C)=O)[C@H]1NC(=O)CNC(=O)C(F)(F)F. The van der Waals surface area contributed by atoms with E-state index in [1.54, 1.807) is 91.0 Å². The van der Waals surface area contributed by atoms with Crippen LogP contribution in [0, 0.1) is 0 Å². The van der Waals surface area contributed by atoms with Gasteiger partial charge in [0.2, 0.25) is 5.91 Å². The number of halogens is 3. The summed E-state index contributed by atoms with van der Waals surface area (Å²) in [6.45, 7) is -0.0713. The van der Waals surface area contributed by atoms with Crippen LogP contribution in [0.25, 0.3) is 0 Å². The number of carbonyl (C=O) groups excluding carboxylic acids is 7. The first-order chi connectivity index (χ1) is 30.7. The third-order valence-electron chi connectivity index (χ3n) is 8.87. The van der Waals surface area contributed by atoms with Crippen LogP contribution < -0.4 is 10.6 Å². The number of hydrogen-bond acceptors (Lipinski definition) is 17. The number of phosphoric ester groups is 1. The number of ether oxygens (including phenoxy) is 6. The molecule has 0 spiro atoms. The van der Waals surface area contributed by atoms with Gasteiger partial charge in [-0.2, -0.15) is 13.2 Å². The van der Waals surface area contributed by atoms with Gasteiger partial charge in [0.15, 0.2) is 12.2 Å². The van der Waals surface area contributed by atoms with E-state index in [4.69, 9.17) is 42.0 Å². The topological polar surface area (TPSA) is 244 Å². The third-order valence-corrected chi connectivity index (χ3v) is 10.3. The molecule has 23 heteroatoms. The number of benzene rings is 3. The fourth-order valence-electron chi connectivity index (χ4n) is 6.16. The van der Waals surface area contributed by atoms with E-state index in [0.29, 0.717) is 16.7 Å². The monoisotopic (exact) mass is 938 g/mol. The molecule has 1 saturated heterocycles. The van der Waals surface area contributed by atoms with Gasteiger partial charge in [0.25, 0.3) is 5.79 Å². The van der Waals surface area contributed by atoms with Crippen LogP contribution in [0.3, 0.4) is 0 Å². The maximum atomic E-state index is 15.1. The molecule has 65 heavy (non-hydrogen) atoms. The van der Waals surface area contributed by atoms with Crippen molar-refractivity contribution in [2.24, 2.45) is 0 Å². The maximum Gasteiger partial charge on any atom is 0.478 e. The summed E-state index contributed by atoms with van der Waals surface area (Å²) in [5.41, 5.74) is 1.28. The number of phosphoric acid groups is 1. The molecule has 2 N–H and O–H groups in total. The van der Waals surface area contributed by atoms with Crippen molar-refractivity contribution in [3.63, 3.8) is 0 Å². The molecule has 352 valence electrons. The van der Waals surface area contributed by atoms with Gasteiger partial charge in [-0.15, -0.1) is 0 Å². The number of hydrogen-bond donors (Lipinski definition) is 2. The van der Waals surface area contributed by atoms with E-state index in [1.807, 2.05) is 0 Å². The van der Waals surface area contributed by atoms with Crippen LogP contribution in [0.1, 0.15) is 50.8 Å². The molecule has 3 aromatic carbocycles. The Balaban J connectivity index is 1.95. The van der Waals surface area contributed by atoms with Crippen molar-refractivity contribution < 1.29 is 93.3 Å². The molecule has 0 aromatic heterocycles. The predicted octanol–water partition coefficient (Wildman–Crippen LogP) is 4.29. The van der Waals surface area contributed by atoms with Crippen LogP contribution in [-0.4, -0.2) is 97.2 Å². The second-order valence-electron chi connectivity index (χ2n) is 14.1. The molecule has 1 heterocycles. The summed E-state index contributed by atoms with van der Waals surface area (Å²) >= 11 is 0. The fourth-order valence-corrected chi connectivity index (χ4v) is 7.51. The van der Waals surface area contributed by atoms with Crippen LogP contribution in [0.2, 0.25) is 0 Å². The minimum Gasteiger partial charge on any atom is -0.462 e. The van der Waals surface area contributed by atoms with Crippen LogP contribution >= 0.6 is 7.82 Å². The van der Waals surface area contributed by atoms with E-state index in [2.05, 4.69) is 5.32 Å². The molecule has 0 saturated carbocycles. The van der Waals surface area contributed by atoms with Crippen molar-refractivity contribution >= 4 is 49.5 Å². The highest BCUT2D eigenvalue weighted by Gasteiger charge is 2.62. The normalized spacial score (nSPS) is 19.3. The van der Waals surface area contributed by atoms with Gasteiger partial charge in [-0.05, 0) is 16.7 Å². The van der Waals surface area contributed by atoms with Gasteiger partial charge in [0.1, 0.15) is 25.4 Å². The van der Waals surface area contributed by atoms with Crippen LogP contribution in [-0.2, 0) is 99.9 Å². The Morgan fingerprint density at radius 2 is 1.23 bits per heavy atom. The van der Waals surface area contributed by atoms with Gasteiger partial charge in [0.05, 0.1) is 32.2 Å². The summed E-state index contributed by atoms with van der Waals surface area (Å²) in [6, 6.07) is 22.5. The number of carbonyl (C=O) groups is 7. The molecule has 0 radical (unpaired) electrons. The zero-order valence-corrected chi connectivity index (χ0v) is 36.2. The average Bonchev–Trinajstić information content (AvgIpc) is 3.25. The number of rotatable bonds is 21. The Bertz CT molecular complexity index is 2120. The molecule has 1 fully saturated rings. The van der Waals surface area contributed by atoms with Crippen molar-refractivity contribution in [2.75, 3.05) is 13.2 Å². The third kappa shape index (κ3) is 16.4. The average molecular weight is 939 g/mol. The minimum atomic E-state index is -5.42. The molecule has 0 aliphatic carbocycles. The maximum absolute atomic E-state index is 15.1. The van der Waals surface area contributed by atoms with Crippen molar-refractivity contribution in [2.45, 2.75) is 96.4 Å². The van der Waals surface area contributed by atoms with E-state index in [-0.39, 0.29) is 0 Å². The largest absolute Gasteiger partial charge is 0.478 e. The molecule has 1 aliphatic heterocycles. The van der Waals surface area contributed by atoms with E-state index < -0.39 is 131 Å². The molecule has 1 aliphatic rings. The first-order valence-electron chi connectivity index (χ1n) is 19.5. The molecule has 0 bridgehead atoms. The Morgan fingerprint density at radius 3 is 1.69 bits per heavy atom. The van der Waals surface area contributed by atoms with E-state index in [1.165, 1.54) is 5.32 Å². The van der Waals surface area contributed by atoms with Crippen LogP contribution in [0.15, 0.2) is 91.0 Å². The summed E-state index contributed by atoms with van der Waals surface area (Å²) < 4.78 is 106. The van der Waals surface area contributed by atoms with Gasteiger partial charge >= 0.3 is 49.8 Å².